The molecule has 4 nitrogen and oxygen atoms in total. The number of fused-ring (bicyclic) bond motifs is 4. The molecule has 0 atom stereocenters. The van der Waals surface area contributed by atoms with Gasteiger partial charge in [-0.05, 0) is 55.2 Å². The zero-order valence-electron chi connectivity index (χ0n) is 15.6. The molecular weight excluding hydrogens is 424 g/mol. The van der Waals surface area contributed by atoms with E-state index in [9.17, 15) is 0 Å². The number of para-hydroxylation sites is 1. The van der Waals surface area contributed by atoms with Crippen LogP contribution in [0.5, 0.6) is 0 Å². The molecule has 0 saturated carbocycles. The average Bonchev–Trinajstić information content (AvgIpc) is 3.37. The maximum absolute atomic E-state index is 5.09. The van der Waals surface area contributed by atoms with Crippen molar-refractivity contribution >= 4 is 37.9 Å². The molecule has 0 unspecified atom stereocenters. The van der Waals surface area contributed by atoms with Crippen molar-refractivity contribution < 1.29 is 0 Å². The first kappa shape index (κ1) is 16.9. The lowest BCUT2D eigenvalue weighted by Gasteiger charge is -2.06. The smallest absolute Gasteiger partial charge is 0.165 e. The summed E-state index contributed by atoms with van der Waals surface area (Å²) in [6.07, 6.45) is 5.28. The summed E-state index contributed by atoms with van der Waals surface area (Å²) >= 11 is 3.53. The standard InChI is InChI=1S/C24H17BrN4/c25-18-11-9-15(10-12-18)23-21-22-17(13-16-5-4-8-20(16)27-22)14-26-24(21)29(28-23)19-6-2-1-3-7-19/h1-3,6-7,9-14H,4-5,8H2. The van der Waals surface area contributed by atoms with Crippen LogP contribution in [0.2, 0.25) is 0 Å². The quantitative estimate of drug-likeness (QED) is 0.343. The minimum atomic E-state index is 0.840. The Labute approximate surface area is 176 Å². The maximum atomic E-state index is 5.09. The van der Waals surface area contributed by atoms with Crippen LogP contribution < -0.4 is 0 Å². The number of aryl methyl sites for hydroxylation is 2. The van der Waals surface area contributed by atoms with Crippen LogP contribution >= 0.6 is 15.9 Å². The van der Waals surface area contributed by atoms with E-state index >= 15 is 0 Å². The molecule has 1 aliphatic carbocycles. The number of aromatic nitrogens is 4. The molecule has 0 bridgehead atoms. The number of nitrogens with zero attached hydrogens (tertiary/aromatic N) is 4. The molecule has 0 N–H and O–H groups in total. The van der Waals surface area contributed by atoms with Crippen LogP contribution in [0.4, 0.5) is 0 Å². The van der Waals surface area contributed by atoms with Crippen molar-refractivity contribution in [3.05, 3.63) is 82.6 Å². The van der Waals surface area contributed by atoms with Crippen molar-refractivity contribution in [3.8, 4) is 16.9 Å². The van der Waals surface area contributed by atoms with E-state index in [1.165, 1.54) is 17.7 Å². The number of halogens is 1. The Bertz CT molecular complexity index is 1370. The van der Waals surface area contributed by atoms with Gasteiger partial charge in [-0.25, -0.2) is 9.67 Å². The van der Waals surface area contributed by atoms with E-state index in [1.54, 1.807) is 0 Å². The molecule has 5 heteroatoms. The van der Waals surface area contributed by atoms with Gasteiger partial charge in [-0.3, -0.25) is 4.98 Å². The van der Waals surface area contributed by atoms with Gasteiger partial charge in [-0.15, -0.1) is 0 Å². The molecule has 0 radical (unpaired) electrons. The SMILES string of the molecule is Brc1ccc(-c2nn(-c3ccccc3)c3ncc4cc5c(nc4c23)CCC5)cc1. The van der Waals surface area contributed by atoms with Crippen LogP contribution in [-0.4, -0.2) is 19.7 Å². The molecule has 0 amide bonds. The first-order valence-electron chi connectivity index (χ1n) is 9.79. The van der Waals surface area contributed by atoms with Crippen LogP contribution in [-0.2, 0) is 12.8 Å². The van der Waals surface area contributed by atoms with E-state index in [-0.39, 0.29) is 0 Å². The molecule has 29 heavy (non-hydrogen) atoms. The summed E-state index contributed by atoms with van der Waals surface area (Å²) < 4.78 is 2.98. The number of hydrogen-bond acceptors (Lipinski definition) is 3. The molecule has 0 saturated heterocycles. The third-order valence-electron chi connectivity index (χ3n) is 5.62. The largest absolute Gasteiger partial charge is 0.252 e. The van der Waals surface area contributed by atoms with Gasteiger partial charge in [0.2, 0.25) is 0 Å². The second-order valence-electron chi connectivity index (χ2n) is 7.45. The van der Waals surface area contributed by atoms with Gasteiger partial charge in [0.05, 0.1) is 16.6 Å². The summed E-state index contributed by atoms with van der Waals surface area (Å²) in [4.78, 5) is 9.92. The second-order valence-corrected chi connectivity index (χ2v) is 8.36. The van der Waals surface area contributed by atoms with E-state index in [0.717, 1.165) is 56.2 Å². The molecular formula is C24H17BrN4. The monoisotopic (exact) mass is 440 g/mol. The molecule has 5 aromatic rings. The summed E-state index contributed by atoms with van der Waals surface area (Å²) in [6.45, 7) is 0. The highest BCUT2D eigenvalue weighted by Crippen LogP contribution is 2.35. The highest BCUT2D eigenvalue weighted by atomic mass is 79.9. The van der Waals surface area contributed by atoms with Crippen LogP contribution in [0.3, 0.4) is 0 Å². The van der Waals surface area contributed by atoms with Gasteiger partial charge in [0.25, 0.3) is 0 Å². The van der Waals surface area contributed by atoms with Gasteiger partial charge < -0.3 is 0 Å². The van der Waals surface area contributed by atoms with Gasteiger partial charge in [-0.2, -0.15) is 5.10 Å². The Hall–Kier alpha value is -3.05. The number of rotatable bonds is 2. The van der Waals surface area contributed by atoms with E-state index in [4.69, 9.17) is 15.1 Å². The van der Waals surface area contributed by atoms with E-state index in [2.05, 4.69) is 46.3 Å². The predicted molar refractivity (Wildman–Crippen MR) is 119 cm³/mol. The van der Waals surface area contributed by atoms with Crippen molar-refractivity contribution in [1.29, 1.82) is 0 Å². The zero-order valence-corrected chi connectivity index (χ0v) is 17.2. The topological polar surface area (TPSA) is 43.6 Å². The fourth-order valence-electron chi connectivity index (χ4n) is 4.22. The number of pyridine rings is 2. The predicted octanol–water partition coefficient (Wildman–Crippen LogP) is 5.89. The summed E-state index contributed by atoms with van der Waals surface area (Å²) in [6, 6.07) is 20.7. The molecule has 2 aromatic carbocycles. The van der Waals surface area contributed by atoms with Gasteiger partial charge in [0, 0.05) is 27.3 Å². The summed E-state index contributed by atoms with van der Waals surface area (Å²) in [5.41, 5.74) is 7.39. The first-order valence-corrected chi connectivity index (χ1v) is 10.6. The van der Waals surface area contributed by atoms with Gasteiger partial charge >= 0.3 is 0 Å². The molecule has 0 fully saturated rings. The lowest BCUT2D eigenvalue weighted by Crippen LogP contribution is -1.98. The van der Waals surface area contributed by atoms with Crippen molar-refractivity contribution in [2.24, 2.45) is 0 Å². The summed E-state index contributed by atoms with van der Waals surface area (Å²) in [5, 5.41) is 7.11. The summed E-state index contributed by atoms with van der Waals surface area (Å²) in [7, 11) is 0. The Morgan fingerprint density at radius 2 is 1.76 bits per heavy atom. The first-order chi connectivity index (χ1) is 14.3. The zero-order chi connectivity index (χ0) is 19.4. The minimum Gasteiger partial charge on any atom is -0.252 e. The van der Waals surface area contributed by atoms with Crippen molar-refractivity contribution in [3.63, 3.8) is 0 Å². The second kappa shape index (κ2) is 6.49. The van der Waals surface area contributed by atoms with Crippen LogP contribution in [0, 0.1) is 0 Å². The fraction of sp³-hybridized carbons (Fsp3) is 0.125. The van der Waals surface area contributed by atoms with Gasteiger partial charge in [0.1, 0.15) is 5.69 Å². The Morgan fingerprint density at radius 1 is 0.931 bits per heavy atom. The van der Waals surface area contributed by atoms with Crippen LogP contribution in [0.1, 0.15) is 17.7 Å². The third-order valence-corrected chi connectivity index (χ3v) is 6.15. The molecule has 3 aromatic heterocycles. The van der Waals surface area contributed by atoms with E-state index < -0.39 is 0 Å². The minimum absolute atomic E-state index is 0.840. The number of benzene rings is 2. The van der Waals surface area contributed by atoms with Crippen molar-refractivity contribution in [2.75, 3.05) is 0 Å². The summed E-state index contributed by atoms with van der Waals surface area (Å²) in [5.74, 6) is 0. The van der Waals surface area contributed by atoms with E-state index in [1.807, 2.05) is 41.2 Å². The molecule has 1 aliphatic rings. The lowest BCUT2D eigenvalue weighted by atomic mass is 10.1. The fourth-order valence-corrected chi connectivity index (χ4v) is 4.49. The average molecular weight is 441 g/mol. The normalized spacial score (nSPS) is 13.3. The molecule has 6 rings (SSSR count). The van der Waals surface area contributed by atoms with Crippen LogP contribution in [0.15, 0.2) is 71.3 Å². The van der Waals surface area contributed by atoms with Crippen molar-refractivity contribution in [1.82, 2.24) is 19.7 Å². The highest BCUT2D eigenvalue weighted by molar-refractivity contribution is 9.10. The van der Waals surface area contributed by atoms with Crippen molar-refractivity contribution in [2.45, 2.75) is 19.3 Å². The lowest BCUT2D eigenvalue weighted by molar-refractivity contribution is 0.901. The van der Waals surface area contributed by atoms with Gasteiger partial charge in [0.15, 0.2) is 5.65 Å². The third kappa shape index (κ3) is 2.69. The Balaban J connectivity index is 1.73. The molecule has 3 heterocycles. The maximum Gasteiger partial charge on any atom is 0.165 e. The highest BCUT2D eigenvalue weighted by Gasteiger charge is 2.21. The molecule has 0 aliphatic heterocycles. The Morgan fingerprint density at radius 3 is 2.59 bits per heavy atom. The number of hydrogen-bond donors (Lipinski definition) is 0. The Kier molecular flexibility index (Phi) is 3.78. The molecule has 140 valence electrons. The van der Waals surface area contributed by atoms with Gasteiger partial charge in [-0.1, -0.05) is 46.3 Å². The molecule has 0 spiro atoms. The van der Waals surface area contributed by atoms with Crippen LogP contribution in [0.25, 0.3) is 38.9 Å². The van der Waals surface area contributed by atoms with E-state index in [0.29, 0.717) is 0 Å².